The number of aromatic nitrogens is 2. The smallest absolute Gasteiger partial charge is 0.163 e. The van der Waals surface area contributed by atoms with Crippen LogP contribution in [0.25, 0.3) is 0 Å². The quantitative estimate of drug-likeness (QED) is 0.846. The van der Waals surface area contributed by atoms with E-state index in [9.17, 15) is 4.39 Å². The van der Waals surface area contributed by atoms with Crippen LogP contribution in [0.5, 0.6) is 5.75 Å². The summed E-state index contributed by atoms with van der Waals surface area (Å²) >= 11 is 5.07. The molecule has 3 N–H and O–H groups in total. The Labute approximate surface area is 127 Å². The molecule has 0 radical (unpaired) electrons. The maximum absolute atomic E-state index is 13.2. The average molecular weight is 306 g/mol. The Kier molecular flexibility index (Phi) is 4.32. The molecule has 5 nitrogen and oxygen atoms in total. The maximum Gasteiger partial charge on any atom is 0.163 e. The molecule has 0 atom stereocenters. The predicted molar refractivity (Wildman–Crippen MR) is 83.6 cm³/mol. The lowest BCUT2D eigenvalue weighted by molar-refractivity contribution is 0.413. The number of hydrogen-bond donors (Lipinski definition) is 2. The van der Waals surface area contributed by atoms with Crippen molar-refractivity contribution in [3.05, 3.63) is 40.8 Å². The van der Waals surface area contributed by atoms with Crippen molar-refractivity contribution in [3.8, 4) is 5.75 Å². The molecule has 1 aromatic carbocycles. The third kappa shape index (κ3) is 3.08. The van der Waals surface area contributed by atoms with Crippen LogP contribution in [0, 0.1) is 19.7 Å². The van der Waals surface area contributed by atoms with Crippen molar-refractivity contribution >= 4 is 28.7 Å². The fourth-order valence-electron chi connectivity index (χ4n) is 1.89. The summed E-state index contributed by atoms with van der Waals surface area (Å²) < 4.78 is 18.4. The Morgan fingerprint density at radius 1 is 1.33 bits per heavy atom. The minimum atomic E-state index is -0.391. The van der Waals surface area contributed by atoms with Crippen molar-refractivity contribution in [3.63, 3.8) is 0 Å². The molecule has 0 spiro atoms. The number of halogens is 1. The first-order valence-corrected chi connectivity index (χ1v) is 6.59. The van der Waals surface area contributed by atoms with E-state index in [0.717, 1.165) is 11.3 Å². The van der Waals surface area contributed by atoms with Crippen LogP contribution >= 0.6 is 12.2 Å². The van der Waals surface area contributed by atoms with Gasteiger partial charge in [-0.05, 0) is 31.5 Å². The summed E-state index contributed by atoms with van der Waals surface area (Å²) in [6, 6.07) is 4.14. The third-order valence-electron chi connectivity index (χ3n) is 3.12. The van der Waals surface area contributed by atoms with E-state index in [0.29, 0.717) is 22.8 Å². The first-order valence-electron chi connectivity index (χ1n) is 6.18. The molecule has 0 aliphatic rings. The van der Waals surface area contributed by atoms with E-state index in [4.69, 9.17) is 22.7 Å². The summed E-state index contributed by atoms with van der Waals surface area (Å²) in [5.41, 5.74) is 8.52. The highest BCUT2D eigenvalue weighted by Gasteiger charge is 2.15. The summed E-state index contributed by atoms with van der Waals surface area (Å²) in [6.45, 7) is 3.69. The van der Waals surface area contributed by atoms with E-state index in [1.165, 1.54) is 19.2 Å². The van der Waals surface area contributed by atoms with Crippen LogP contribution in [0.4, 0.5) is 15.9 Å². The van der Waals surface area contributed by atoms with Gasteiger partial charge < -0.3 is 15.8 Å². The van der Waals surface area contributed by atoms with Gasteiger partial charge in [-0.1, -0.05) is 12.2 Å². The average Bonchev–Trinajstić information content (AvgIpc) is 2.44. The number of nitrogens with two attached hydrogens (primary N) is 1. The van der Waals surface area contributed by atoms with E-state index in [-0.39, 0.29) is 4.99 Å². The van der Waals surface area contributed by atoms with Gasteiger partial charge in [-0.25, -0.2) is 4.39 Å². The van der Waals surface area contributed by atoms with E-state index >= 15 is 0 Å². The largest absolute Gasteiger partial charge is 0.494 e. The lowest BCUT2D eigenvalue weighted by atomic mass is 10.1. The Bertz CT molecular complexity index is 706. The molecule has 2 rings (SSSR count). The zero-order valence-corrected chi connectivity index (χ0v) is 12.7. The second-order valence-electron chi connectivity index (χ2n) is 4.47. The Hall–Kier alpha value is -2.28. The standard InChI is InChI=1S/C14H15FN4OS/c1-7-8(2)18-19-14(12(7)13(16)21)17-10-5-4-9(15)6-11(10)20-3/h4-6H,1-3H3,(H2,16,21)(H,17,19). The van der Waals surface area contributed by atoms with Crippen LogP contribution in [-0.2, 0) is 0 Å². The molecular weight excluding hydrogens is 291 g/mol. The number of aryl methyl sites for hydroxylation is 1. The van der Waals surface area contributed by atoms with Gasteiger partial charge in [-0.3, -0.25) is 0 Å². The number of nitrogens with zero attached hydrogens (tertiary/aromatic N) is 2. The molecule has 2 aromatic rings. The Balaban J connectivity index is 2.50. The highest BCUT2D eigenvalue weighted by Crippen LogP contribution is 2.29. The molecule has 0 aliphatic carbocycles. The molecular formula is C14H15FN4OS. The van der Waals surface area contributed by atoms with Crippen LogP contribution in [-0.4, -0.2) is 22.3 Å². The summed E-state index contributed by atoms with van der Waals surface area (Å²) in [4.78, 5) is 0.217. The van der Waals surface area contributed by atoms with Gasteiger partial charge in [0.25, 0.3) is 0 Å². The fraction of sp³-hybridized carbons (Fsp3) is 0.214. The maximum atomic E-state index is 13.2. The highest BCUT2D eigenvalue weighted by atomic mass is 32.1. The number of thiocarbonyl (C=S) groups is 1. The Morgan fingerprint density at radius 3 is 2.67 bits per heavy atom. The van der Waals surface area contributed by atoms with E-state index in [1.54, 1.807) is 6.07 Å². The Morgan fingerprint density at radius 2 is 2.05 bits per heavy atom. The van der Waals surface area contributed by atoms with E-state index in [2.05, 4.69) is 15.5 Å². The van der Waals surface area contributed by atoms with Crippen molar-refractivity contribution in [1.82, 2.24) is 10.2 Å². The second kappa shape index (κ2) is 6.01. The topological polar surface area (TPSA) is 73.1 Å². The number of hydrogen-bond acceptors (Lipinski definition) is 5. The van der Waals surface area contributed by atoms with E-state index in [1.807, 2.05) is 13.8 Å². The van der Waals surface area contributed by atoms with Gasteiger partial charge in [-0.2, -0.15) is 5.10 Å². The lowest BCUT2D eigenvalue weighted by Crippen LogP contribution is -2.17. The molecule has 21 heavy (non-hydrogen) atoms. The number of anilines is 2. The van der Waals surface area contributed by atoms with Crippen LogP contribution in [0.3, 0.4) is 0 Å². The molecule has 7 heteroatoms. The summed E-state index contributed by atoms with van der Waals surface area (Å²) in [5.74, 6) is 0.373. The van der Waals surface area contributed by atoms with E-state index < -0.39 is 5.82 Å². The molecule has 0 aliphatic heterocycles. The van der Waals surface area contributed by atoms with Crippen molar-refractivity contribution in [1.29, 1.82) is 0 Å². The summed E-state index contributed by atoms with van der Waals surface area (Å²) in [6.07, 6.45) is 0. The monoisotopic (exact) mass is 306 g/mol. The molecule has 0 saturated carbocycles. The summed E-state index contributed by atoms with van der Waals surface area (Å²) in [5, 5.41) is 11.2. The number of ether oxygens (including phenoxy) is 1. The predicted octanol–water partition coefficient (Wildman–Crippen LogP) is 2.62. The second-order valence-corrected chi connectivity index (χ2v) is 4.91. The number of nitrogens with one attached hydrogen (secondary N) is 1. The minimum Gasteiger partial charge on any atom is -0.494 e. The lowest BCUT2D eigenvalue weighted by Gasteiger charge is -2.15. The van der Waals surface area contributed by atoms with Gasteiger partial charge in [0.15, 0.2) is 5.82 Å². The minimum absolute atomic E-state index is 0.217. The number of rotatable bonds is 4. The molecule has 110 valence electrons. The van der Waals surface area contributed by atoms with Crippen molar-refractivity contribution in [2.24, 2.45) is 5.73 Å². The molecule has 1 heterocycles. The van der Waals surface area contributed by atoms with Gasteiger partial charge in [-0.15, -0.1) is 5.10 Å². The van der Waals surface area contributed by atoms with Gasteiger partial charge in [0.1, 0.15) is 16.6 Å². The van der Waals surface area contributed by atoms with Crippen molar-refractivity contribution < 1.29 is 9.13 Å². The van der Waals surface area contributed by atoms with Crippen LogP contribution in [0.1, 0.15) is 16.8 Å². The third-order valence-corrected chi connectivity index (χ3v) is 3.32. The number of methoxy groups -OCH3 is 1. The summed E-state index contributed by atoms with van der Waals surface area (Å²) in [7, 11) is 1.46. The zero-order chi connectivity index (χ0) is 15.6. The molecule has 0 bridgehead atoms. The van der Waals surface area contributed by atoms with Crippen LogP contribution in [0.2, 0.25) is 0 Å². The zero-order valence-electron chi connectivity index (χ0n) is 11.9. The number of benzene rings is 1. The molecule has 1 aromatic heterocycles. The molecule has 0 amide bonds. The SMILES string of the molecule is COc1cc(F)ccc1Nc1nnc(C)c(C)c1C(N)=S. The molecule has 0 unspecified atom stereocenters. The fourth-order valence-corrected chi connectivity index (χ4v) is 2.14. The first-order chi connectivity index (χ1) is 9.93. The normalized spacial score (nSPS) is 10.3. The van der Waals surface area contributed by atoms with Crippen LogP contribution < -0.4 is 15.8 Å². The van der Waals surface area contributed by atoms with Gasteiger partial charge >= 0.3 is 0 Å². The first kappa shape index (κ1) is 15.1. The highest BCUT2D eigenvalue weighted by molar-refractivity contribution is 7.80. The van der Waals surface area contributed by atoms with Gasteiger partial charge in [0, 0.05) is 6.07 Å². The molecule has 0 fully saturated rings. The van der Waals surface area contributed by atoms with Crippen molar-refractivity contribution in [2.45, 2.75) is 13.8 Å². The van der Waals surface area contributed by atoms with Gasteiger partial charge in [0.05, 0.1) is 24.1 Å². The van der Waals surface area contributed by atoms with Crippen LogP contribution in [0.15, 0.2) is 18.2 Å². The van der Waals surface area contributed by atoms with Crippen molar-refractivity contribution in [2.75, 3.05) is 12.4 Å². The van der Waals surface area contributed by atoms with Gasteiger partial charge in [0.2, 0.25) is 0 Å². The molecule has 0 saturated heterocycles.